The number of carbonyl (C=O) groups excluding carboxylic acids is 1. The Bertz CT molecular complexity index is 723. The fourth-order valence-electron chi connectivity index (χ4n) is 1.96. The van der Waals surface area contributed by atoms with Crippen molar-refractivity contribution < 1.29 is 27.6 Å². The highest BCUT2D eigenvalue weighted by Crippen LogP contribution is 2.41. The second-order valence-corrected chi connectivity index (χ2v) is 4.93. The van der Waals surface area contributed by atoms with E-state index in [4.69, 9.17) is 0 Å². The van der Waals surface area contributed by atoms with Gasteiger partial charge in [-0.25, -0.2) is 0 Å². The van der Waals surface area contributed by atoms with Gasteiger partial charge in [0.05, 0.1) is 5.56 Å². The molecular formula is C13H10F3N3O3. The molecule has 1 aliphatic rings. The van der Waals surface area contributed by atoms with Crippen LogP contribution in [0.15, 0.2) is 22.7 Å². The van der Waals surface area contributed by atoms with E-state index in [1.54, 1.807) is 6.07 Å². The second-order valence-electron chi connectivity index (χ2n) is 4.93. The van der Waals surface area contributed by atoms with Gasteiger partial charge in [0.1, 0.15) is 5.75 Å². The van der Waals surface area contributed by atoms with Crippen LogP contribution >= 0.6 is 0 Å². The Labute approximate surface area is 121 Å². The van der Waals surface area contributed by atoms with Gasteiger partial charge in [-0.05, 0) is 41.6 Å². The van der Waals surface area contributed by atoms with Gasteiger partial charge in [-0.2, -0.15) is 18.2 Å². The quantitative estimate of drug-likeness (QED) is 0.909. The van der Waals surface area contributed by atoms with Gasteiger partial charge in [-0.1, -0.05) is 6.07 Å². The summed E-state index contributed by atoms with van der Waals surface area (Å²) in [7, 11) is 0. The highest BCUT2D eigenvalue weighted by atomic mass is 19.4. The van der Waals surface area contributed by atoms with E-state index in [-0.39, 0.29) is 11.3 Å². The van der Waals surface area contributed by atoms with Crippen molar-refractivity contribution in [2.45, 2.75) is 24.9 Å². The standard InChI is InChI=1S/C13H10F3N3O3/c14-13(15,16)11-18-12(19-22-11)17-10(21)8-5-7(6-1-2-6)3-4-9(8)20/h3-6,20H,1-2H2,(H,17,19,21). The molecule has 0 spiro atoms. The number of hydrogen-bond donors (Lipinski definition) is 2. The Morgan fingerprint density at radius 3 is 2.68 bits per heavy atom. The van der Waals surface area contributed by atoms with Crippen LogP contribution in [0.4, 0.5) is 19.1 Å². The number of aromatic hydroxyl groups is 1. The molecule has 2 aromatic rings. The van der Waals surface area contributed by atoms with E-state index < -0.39 is 23.9 Å². The van der Waals surface area contributed by atoms with Gasteiger partial charge in [-0.15, -0.1) is 0 Å². The zero-order chi connectivity index (χ0) is 15.9. The third kappa shape index (κ3) is 2.87. The largest absolute Gasteiger partial charge is 0.507 e. The Kier molecular flexibility index (Phi) is 3.27. The molecule has 0 unspecified atom stereocenters. The lowest BCUT2D eigenvalue weighted by Crippen LogP contribution is -2.14. The van der Waals surface area contributed by atoms with Crippen LogP contribution in [0.5, 0.6) is 5.75 Å². The van der Waals surface area contributed by atoms with Gasteiger partial charge in [-0.3, -0.25) is 10.1 Å². The molecule has 1 fully saturated rings. The molecule has 0 atom stereocenters. The van der Waals surface area contributed by atoms with E-state index in [1.807, 2.05) is 0 Å². The average molecular weight is 313 g/mol. The number of nitrogens with zero attached hydrogens (tertiary/aromatic N) is 2. The summed E-state index contributed by atoms with van der Waals surface area (Å²) >= 11 is 0. The molecule has 2 N–H and O–H groups in total. The lowest BCUT2D eigenvalue weighted by atomic mass is 10.1. The van der Waals surface area contributed by atoms with E-state index in [2.05, 4.69) is 20.0 Å². The number of anilines is 1. The molecule has 1 aromatic heterocycles. The smallest absolute Gasteiger partial charge is 0.471 e. The van der Waals surface area contributed by atoms with E-state index >= 15 is 0 Å². The Hall–Kier alpha value is -2.58. The minimum absolute atomic E-state index is 0.0530. The van der Waals surface area contributed by atoms with Gasteiger partial charge in [0.15, 0.2) is 0 Å². The number of nitrogens with one attached hydrogen (secondary N) is 1. The van der Waals surface area contributed by atoms with E-state index in [0.29, 0.717) is 5.92 Å². The summed E-state index contributed by atoms with van der Waals surface area (Å²) in [6, 6.07) is 4.59. The number of amides is 1. The number of carbonyl (C=O) groups is 1. The summed E-state index contributed by atoms with van der Waals surface area (Å²) in [5.74, 6) is -2.91. The maximum Gasteiger partial charge on any atom is 0.471 e. The maximum absolute atomic E-state index is 12.3. The number of aromatic nitrogens is 2. The van der Waals surface area contributed by atoms with Crippen LogP contribution in [0.25, 0.3) is 0 Å². The maximum atomic E-state index is 12.3. The van der Waals surface area contributed by atoms with Crippen molar-refractivity contribution in [3.05, 3.63) is 35.2 Å². The summed E-state index contributed by atoms with van der Waals surface area (Å²) in [4.78, 5) is 15.0. The van der Waals surface area contributed by atoms with Crippen LogP contribution in [-0.2, 0) is 6.18 Å². The number of benzene rings is 1. The zero-order valence-electron chi connectivity index (χ0n) is 11.0. The van der Waals surface area contributed by atoms with Gasteiger partial charge in [0.25, 0.3) is 11.9 Å². The SMILES string of the molecule is O=C(Nc1noc(C(F)(F)F)n1)c1cc(C2CC2)ccc1O. The normalized spacial score (nSPS) is 14.9. The fraction of sp³-hybridized carbons (Fsp3) is 0.308. The highest BCUT2D eigenvalue weighted by Gasteiger charge is 2.38. The van der Waals surface area contributed by atoms with Crippen molar-refractivity contribution in [1.29, 1.82) is 0 Å². The number of phenolic OH excluding ortho intramolecular Hbond substituents is 1. The summed E-state index contributed by atoms with van der Waals surface area (Å²) in [5, 5.41) is 14.8. The fourth-order valence-corrected chi connectivity index (χ4v) is 1.96. The summed E-state index contributed by atoms with van der Waals surface area (Å²) < 4.78 is 41.0. The van der Waals surface area contributed by atoms with Crippen LogP contribution in [0.1, 0.15) is 40.6 Å². The second kappa shape index (κ2) is 5.00. The molecule has 1 amide bonds. The van der Waals surface area contributed by atoms with Crippen molar-refractivity contribution in [3.8, 4) is 5.75 Å². The van der Waals surface area contributed by atoms with Crippen LogP contribution in [0, 0.1) is 0 Å². The van der Waals surface area contributed by atoms with Crippen LogP contribution in [0.3, 0.4) is 0 Å². The Morgan fingerprint density at radius 2 is 2.09 bits per heavy atom. The first-order valence-corrected chi connectivity index (χ1v) is 6.40. The van der Waals surface area contributed by atoms with Crippen molar-refractivity contribution in [2.75, 3.05) is 5.32 Å². The van der Waals surface area contributed by atoms with Crippen molar-refractivity contribution in [3.63, 3.8) is 0 Å². The number of hydrogen-bond acceptors (Lipinski definition) is 5. The molecule has 116 valence electrons. The molecule has 22 heavy (non-hydrogen) atoms. The molecule has 1 aromatic carbocycles. The van der Waals surface area contributed by atoms with E-state index in [9.17, 15) is 23.1 Å². The first-order valence-electron chi connectivity index (χ1n) is 6.40. The first-order chi connectivity index (χ1) is 10.3. The molecule has 0 aliphatic heterocycles. The minimum atomic E-state index is -4.79. The lowest BCUT2D eigenvalue weighted by molar-refractivity contribution is -0.159. The van der Waals surface area contributed by atoms with Crippen molar-refractivity contribution in [1.82, 2.24) is 10.1 Å². The van der Waals surface area contributed by atoms with E-state index in [1.165, 1.54) is 12.1 Å². The van der Waals surface area contributed by atoms with Crippen molar-refractivity contribution >= 4 is 11.9 Å². The third-order valence-electron chi connectivity index (χ3n) is 3.21. The number of rotatable bonds is 3. The predicted molar refractivity (Wildman–Crippen MR) is 67.3 cm³/mol. The van der Waals surface area contributed by atoms with Crippen LogP contribution in [-0.4, -0.2) is 21.2 Å². The zero-order valence-corrected chi connectivity index (χ0v) is 11.0. The minimum Gasteiger partial charge on any atom is -0.507 e. The molecule has 9 heteroatoms. The van der Waals surface area contributed by atoms with Gasteiger partial charge in [0, 0.05) is 0 Å². The Balaban J connectivity index is 1.79. The molecule has 6 nitrogen and oxygen atoms in total. The molecular weight excluding hydrogens is 303 g/mol. The molecule has 1 saturated carbocycles. The number of halogens is 3. The molecule has 0 saturated heterocycles. The van der Waals surface area contributed by atoms with Gasteiger partial charge in [0.2, 0.25) is 0 Å². The lowest BCUT2D eigenvalue weighted by Gasteiger charge is -2.06. The number of phenols is 1. The average Bonchev–Trinajstić information content (AvgIpc) is 3.17. The monoisotopic (exact) mass is 313 g/mol. The molecule has 0 bridgehead atoms. The summed E-state index contributed by atoms with van der Waals surface area (Å²) in [6.07, 6.45) is -2.78. The topological polar surface area (TPSA) is 88.3 Å². The molecule has 1 heterocycles. The number of alkyl halides is 3. The summed E-state index contributed by atoms with van der Waals surface area (Å²) in [5.41, 5.74) is 0.842. The van der Waals surface area contributed by atoms with E-state index in [0.717, 1.165) is 18.4 Å². The molecule has 1 aliphatic carbocycles. The van der Waals surface area contributed by atoms with Gasteiger partial charge < -0.3 is 9.63 Å². The van der Waals surface area contributed by atoms with Gasteiger partial charge >= 0.3 is 12.1 Å². The van der Waals surface area contributed by atoms with Crippen LogP contribution in [0.2, 0.25) is 0 Å². The summed E-state index contributed by atoms with van der Waals surface area (Å²) in [6.45, 7) is 0. The predicted octanol–water partition coefficient (Wildman–Crippen LogP) is 2.92. The molecule has 3 rings (SSSR count). The molecule has 0 radical (unpaired) electrons. The first kappa shape index (κ1) is 14.4. The van der Waals surface area contributed by atoms with Crippen LogP contribution < -0.4 is 5.32 Å². The third-order valence-corrected chi connectivity index (χ3v) is 3.21. The Morgan fingerprint density at radius 1 is 1.36 bits per heavy atom. The highest BCUT2D eigenvalue weighted by molar-refractivity contribution is 6.05. The van der Waals surface area contributed by atoms with Crippen molar-refractivity contribution in [2.24, 2.45) is 0 Å².